The highest BCUT2D eigenvalue weighted by Crippen LogP contribution is 2.62. The Balaban J connectivity index is 1.86. The Hall–Kier alpha value is -0.710. The van der Waals surface area contributed by atoms with Crippen molar-refractivity contribution in [1.29, 1.82) is 0 Å². The summed E-state index contributed by atoms with van der Waals surface area (Å²) in [5.74, 6) is 0.0794. The van der Waals surface area contributed by atoms with Gasteiger partial charge in [0.1, 0.15) is 5.60 Å². The van der Waals surface area contributed by atoms with E-state index in [2.05, 4.69) is 6.92 Å². The minimum Gasteiger partial charge on any atom is -0.389 e. The largest absolute Gasteiger partial charge is 0.389 e. The van der Waals surface area contributed by atoms with Gasteiger partial charge in [0.15, 0.2) is 5.78 Å². The molecule has 1 aliphatic heterocycles. The number of carbonyl (C=O) groups excluding carboxylic acids is 1. The number of aliphatic hydroxyl groups is 2. The van der Waals surface area contributed by atoms with Crippen molar-refractivity contribution >= 4 is 5.78 Å². The standard InChI is InChI=1S/C20H30O4/c1-12-5-8-19(22)10-14-18(4,7-6-15-20(14,23)11-24-15)9-13(21)16(12)17(19,2)3/h14-15,22-23H,5-11H2,1-4H3/t14-,15+,18-,19+,20+/m0/s1. The highest BCUT2D eigenvalue weighted by atomic mass is 16.6. The summed E-state index contributed by atoms with van der Waals surface area (Å²) in [7, 11) is 0. The summed E-state index contributed by atoms with van der Waals surface area (Å²) >= 11 is 0. The zero-order valence-corrected chi connectivity index (χ0v) is 15.3. The lowest BCUT2D eigenvalue weighted by Crippen LogP contribution is -2.71. The summed E-state index contributed by atoms with van der Waals surface area (Å²) in [4.78, 5) is 13.2. The minimum absolute atomic E-state index is 0.0920. The van der Waals surface area contributed by atoms with Gasteiger partial charge in [0, 0.05) is 23.3 Å². The van der Waals surface area contributed by atoms with Crippen molar-refractivity contribution in [3.05, 3.63) is 11.1 Å². The molecule has 1 heterocycles. The van der Waals surface area contributed by atoms with Crippen LogP contribution in [-0.4, -0.2) is 39.9 Å². The molecule has 4 heteroatoms. The molecule has 2 saturated carbocycles. The first kappa shape index (κ1) is 16.7. The second kappa shape index (κ2) is 4.72. The molecule has 5 atom stereocenters. The van der Waals surface area contributed by atoms with Gasteiger partial charge in [0.2, 0.25) is 0 Å². The highest BCUT2D eigenvalue weighted by molar-refractivity contribution is 5.98. The van der Waals surface area contributed by atoms with Crippen molar-refractivity contribution in [2.45, 2.75) is 83.5 Å². The molecule has 3 fully saturated rings. The molecule has 0 aromatic heterocycles. The average Bonchev–Trinajstić information content (AvgIpc) is 2.45. The Kier molecular flexibility index (Phi) is 3.29. The molecule has 0 spiro atoms. The Labute approximate surface area is 144 Å². The Morgan fingerprint density at radius 2 is 1.88 bits per heavy atom. The second-order valence-corrected chi connectivity index (χ2v) is 9.65. The molecule has 0 aromatic carbocycles. The number of ether oxygens (including phenoxy) is 1. The van der Waals surface area contributed by atoms with Crippen LogP contribution in [0.25, 0.3) is 0 Å². The van der Waals surface area contributed by atoms with Gasteiger partial charge in [0.25, 0.3) is 0 Å². The molecule has 134 valence electrons. The molecule has 24 heavy (non-hydrogen) atoms. The van der Waals surface area contributed by atoms with E-state index in [1.54, 1.807) is 0 Å². The molecule has 4 nitrogen and oxygen atoms in total. The third-order valence-electron chi connectivity index (χ3n) is 8.01. The van der Waals surface area contributed by atoms with Crippen LogP contribution in [0, 0.1) is 16.7 Å². The number of fused-ring (bicyclic) bond motifs is 5. The fourth-order valence-electron chi connectivity index (χ4n) is 6.24. The second-order valence-electron chi connectivity index (χ2n) is 9.65. The van der Waals surface area contributed by atoms with E-state index >= 15 is 0 Å². The summed E-state index contributed by atoms with van der Waals surface area (Å²) in [6, 6.07) is 0. The molecule has 2 bridgehead atoms. The summed E-state index contributed by atoms with van der Waals surface area (Å²) in [5, 5.41) is 22.9. The van der Waals surface area contributed by atoms with Gasteiger partial charge in [-0.15, -0.1) is 0 Å². The number of hydrogen-bond acceptors (Lipinski definition) is 4. The van der Waals surface area contributed by atoms with Gasteiger partial charge >= 0.3 is 0 Å². The summed E-state index contributed by atoms with van der Waals surface area (Å²) in [6.45, 7) is 8.53. The predicted octanol–water partition coefficient (Wildman–Crippen LogP) is 2.76. The normalized spacial score (nSPS) is 50.3. The van der Waals surface area contributed by atoms with Crippen LogP contribution in [0.1, 0.15) is 66.2 Å². The first-order valence-electron chi connectivity index (χ1n) is 9.33. The molecular formula is C20H30O4. The maximum Gasteiger partial charge on any atom is 0.160 e. The van der Waals surface area contributed by atoms with Crippen LogP contribution >= 0.6 is 0 Å². The van der Waals surface area contributed by atoms with Crippen molar-refractivity contribution in [2.75, 3.05) is 6.61 Å². The van der Waals surface area contributed by atoms with Crippen molar-refractivity contribution in [1.82, 2.24) is 0 Å². The monoisotopic (exact) mass is 334 g/mol. The predicted molar refractivity (Wildman–Crippen MR) is 90.4 cm³/mol. The lowest BCUT2D eigenvalue weighted by atomic mass is 9.47. The zero-order chi connectivity index (χ0) is 17.5. The Morgan fingerprint density at radius 3 is 2.50 bits per heavy atom. The zero-order valence-electron chi connectivity index (χ0n) is 15.3. The SMILES string of the molecule is CC1=C2C(=O)C[C@]3(C)CC[C@H]4OC[C@@]4(O)[C@H]3C[C@](O)(CC1)C2(C)C. The molecule has 2 N–H and O–H groups in total. The summed E-state index contributed by atoms with van der Waals surface area (Å²) < 4.78 is 5.61. The molecule has 0 radical (unpaired) electrons. The van der Waals surface area contributed by atoms with Gasteiger partial charge in [-0.05, 0) is 44.4 Å². The van der Waals surface area contributed by atoms with Gasteiger partial charge in [-0.3, -0.25) is 4.79 Å². The third-order valence-corrected chi connectivity index (χ3v) is 8.01. The number of ketones is 1. The molecule has 4 aliphatic rings. The van der Waals surface area contributed by atoms with Crippen LogP contribution in [0.4, 0.5) is 0 Å². The molecule has 1 saturated heterocycles. The van der Waals surface area contributed by atoms with E-state index in [0.29, 0.717) is 25.9 Å². The molecular weight excluding hydrogens is 304 g/mol. The maximum atomic E-state index is 13.2. The third kappa shape index (κ3) is 1.88. The molecule has 0 aromatic rings. The van der Waals surface area contributed by atoms with Gasteiger partial charge in [-0.2, -0.15) is 0 Å². The number of allylic oxidation sites excluding steroid dienone is 1. The first-order valence-corrected chi connectivity index (χ1v) is 9.33. The summed E-state index contributed by atoms with van der Waals surface area (Å²) in [5.41, 5.74) is -0.684. The van der Waals surface area contributed by atoms with Crippen LogP contribution in [0.3, 0.4) is 0 Å². The van der Waals surface area contributed by atoms with Crippen molar-refractivity contribution in [2.24, 2.45) is 16.7 Å². The van der Waals surface area contributed by atoms with Crippen LogP contribution in [0.5, 0.6) is 0 Å². The van der Waals surface area contributed by atoms with Crippen LogP contribution < -0.4 is 0 Å². The van der Waals surface area contributed by atoms with Gasteiger partial charge in [0.05, 0.1) is 18.3 Å². The van der Waals surface area contributed by atoms with E-state index < -0.39 is 16.6 Å². The maximum absolute atomic E-state index is 13.2. The first-order chi connectivity index (χ1) is 11.0. The van der Waals surface area contributed by atoms with E-state index in [9.17, 15) is 15.0 Å². The number of hydrogen-bond donors (Lipinski definition) is 2. The van der Waals surface area contributed by atoms with E-state index in [1.807, 2.05) is 20.8 Å². The van der Waals surface area contributed by atoms with E-state index in [4.69, 9.17) is 4.74 Å². The van der Waals surface area contributed by atoms with Gasteiger partial charge < -0.3 is 14.9 Å². The van der Waals surface area contributed by atoms with E-state index in [1.165, 1.54) is 0 Å². The summed E-state index contributed by atoms with van der Waals surface area (Å²) in [6.07, 6.45) is 4.00. The molecule has 4 rings (SSSR count). The molecule has 0 amide bonds. The Bertz CT molecular complexity index is 636. The van der Waals surface area contributed by atoms with E-state index in [-0.39, 0.29) is 23.2 Å². The minimum atomic E-state index is -0.947. The van der Waals surface area contributed by atoms with Gasteiger partial charge in [-0.25, -0.2) is 0 Å². The van der Waals surface area contributed by atoms with E-state index in [0.717, 1.165) is 30.4 Å². The quantitative estimate of drug-likeness (QED) is 0.715. The number of rotatable bonds is 0. The lowest BCUT2D eigenvalue weighted by molar-refractivity contribution is -0.309. The highest BCUT2D eigenvalue weighted by Gasteiger charge is 2.66. The number of carbonyl (C=O) groups is 1. The van der Waals surface area contributed by atoms with Crippen LogP contribution in [0.2, 0.25) is 0 Å². The van der Waals surface area contributed by atoms with Crippen molar-refractivity contribution in [3.8, 4) is 0 Å². The van der Waals surface area contributed by atoms with Crippen molar-refractivity contribution in [3.63, 3.8) is 0 Å². The average molecular weight is 334 g/mol. The fourth-order valence-corrected chi connectivity index (χ4v) is 6.24. The van der Waals surface area contributed by atoms with Crippen LogP contribution in [0.15, 0.2) is 11.1 Å². The topological polar surface area (TPSA) is 66.8 Å². The molecule has 0 unspecified atom stereocenters. The van der Waals surface area contributed by atoms with Crippen LogP contribution in [-0.2, 0) is 9.53 Å². The number of Topliss-reactive ketones (excluding diaryl/α,β-unsaturated/α-hetero) is 1. The van der Waals surface area contributed by atoms with Gasteiger partial charge in [-0.1, -0.05) is 26.3 Å². The lowest BCUT2D eigenvalue weighted by Gasteiger charge is -2.63. The smallest absolute Gasteiger partial charge is 0.160 e. The Morgan fingerprint density at radius 1 is 1.17 bits per heavy atom. The molecule has 3 aliphatic carbocycles. The fraction of sp³-hybridized carbons (Fsp3) is 0.850. The van der Waals surface area contributed by atoms with Crippen molar-refractivity contribution < 1.29 is 19.7 Å².